The van der Waals surface area contributed by atoms with Gasteiger partial charge in [0.15, 0.2) is 0 Å². The van der Waals surface area contributed by atoms with E-state index in [9.17, 15) is 10.0 Å². The summed E-state index contributed by atoms with van der Waals surface area (Å²) in [6, 6.07) is 11.3. The van der Waals surface area contributed by atoms with Gasteiger partial charge in [-0.05, 0) is 36.2 Å². The molecule has 0 saturated heterocycles. The van der Waals surface area contributed by atoms with Crippen LogP contribution >= 0.6 is 23.2 Å². The van der Waals surface area contributed by atoms with E-state index in [-0.39, 0.29) is 6.54 Å². The fourth-order valence-electron chi connectivity index (χ4n) is 1.82. The highest BCUT2D eigenvalue weighted by Gasteiger charge is 2.11. The number of nitrogens with zero attached hydrogens (tertiary/aromatic N) is 1. The maximum Gasteiger partial charge on any atom is 0.338 e. The van der Waals surface area contributed by atoms with Crippen molar-refractivity contribution in [2.75, 3.05) is 6.54 Å². The third kappa shape index (κ3) is 4.27. The van der Waals surface area contributed by atoms with Gasteiger partial charge in [-0.1, -0.05) is 41.4 Å². The standard InChI is InChI=1S/C15H14Cl2N2O3/c16-11-5-6-14(12(17)9-11)22-13-4-2-1-3-10(13)7-8-19(21)15(18)20/h1-6,9,21H,7-8H2,(H2,18,20). The fourth-order valence-corrected chi connectivity index (χ4v) is 2.27. The van der Waals surface area contributed by atoms with E-state index in [0.717, 1.165) is 5.56 Å². The molecule has 22 heavy (non-hydrogen) atoms. The highest BCUT2D eigenvalue weighted by molar-refractivity contribution is 6.35. The average molecular weight is 341 g/mol. The van der Waals surface area contributed by atoms with Crippen molar-refractivity contribution in [3.8, 4) is 11.5 Å². The molecule has 0 radical (unpaired) electrons. The van der Waals surface area contributed by atoms with Crippen LogP contribution in [-0.2, 0) is 6.42 Å². The van der Waals surface area contributed by atoms with Gasteiger partial charge in [-0.15, -0.1) is 0 Å². The molecule has 0 aromatic heterocycles. The summed E-state index contributed by atoms with van der Waals surface area (Å²) in [5.41, 5.74) is 5.77. The van der Waals surface area contributed by atoms with Crippen LogP contribution in [0.2, 0.25) is 10.0 Å². The molecule has 7 heteroatoms. The van der Waals surface area contributed by atoms with Gasteiger partial charge in [0.25, 0.3) is 0 Å². The number of para-hydroxylation sites is 1. The van der Waals surface area contributed by atoms with Gasteiger partial charge in [0.2, 0.25) is 0 Å². The Bertz CT molecular complexity index is 680. The van der Waals surface area contributed by atoms with Crippen molar-refractivity contribution in [1.29, 1.82) is 0 Å². The van der Waals surface area contributed by atoms with Crippen LogP contribution < -0.4 is 10.5 Å². The summed E-state index contributed by atoms with van der Waals surface area (Å²) in [5, 5.41) is 10.7. The van der Waals surface area contributed by atoms with Crippen molar-refractivity contribution in [2.24, 2.45) is 5.73 Å². The molecule has 0 aliphatic heterocycles. The Kier molecular flexibility index (Phi) is 5.49. The summed E-state index contributed by atoms with van der Waals surface area (Å²) < 4.78 is 5.78. The molecular weight excluding hydrogens is 327 g/mol. The minimum absolute atomic E-state index is 0.0596. The molecule has 2 aromatic rings. The fraction of sp³-hybridized carbons (Fsp3) is 0.133. The lowest BCUT2D eigenvalue weighted by molar-refractivity contribution is -0.0382. The summed E-state index contributed by atoms with van der Waals surface area (Å²) in [4.78, 5) is 10.8. The SMILES string of the molecule is NC(=O)N(O)CCc1ccccc1Oc1ccc(Cl)cc1Cl. The Morgan fingerprint density at radius 2 is 1.91 bits per heavy atom. The number of urea groups is 1. The smallest absolute Gasteiger partial charge is 0.338 e. The van der Waals surface area contributed by atoms with E-state index in [1.807, 2.05) is 18.2 Å². The third-order valence-electron chi connectivity index (χ3n) is 2.93. The van der Waals surface area contributed by atoms with E-state index in [1.165, 1.54) is 0 Å². The summed E-state index contributed by atoms with van der Waals surface area (Å²) in [6.07, 6.45) is 0.376. The Morgan fingerprint density at radius 3 is 2.59 bits per heavy atom. The topological polar surface area (TPSA) is 75.8 Å². The third-order valence-corrected chi connectivity index (χ3v) is 3.46. The second kappa shape index (κ2) is 7.35. The van der Waals surface area contributed by atoms with Crippen molar-refractivity contribution in [3.63, 3.8) is 0 Å². The summed E-state index contributed by atoms with van der Waals surface area (Å²) in [6.45, 7) is 0.0596. The van der Waals surface area contributed by atoms with E-state index in [2.05, 4.69) is 0 Å². The number of carbonyl (C=O) groups excluding carboxylic acids is 1. The van der Waals surface area contributed by atoms with Gasteiger partial charge >= 0.3 is 6.03 Å². The van der Waals surface area contributed by atoms with E-state index >= 15 is 0 Å². The number of rotatable bonds is 5. The Morgan fingerprint density at radius 1 is 1.18 bits per heavy atom. The molecule has 0 atom stereocenters. The molecule has 0 bridgehead atoms. The largest absolute Gasteiger partial charge is 0.456 e. The maximum absolute atomic E-state index is 10.8. The number of halogens is 2. The first kappa shape index (κ1) is 16.4. The van der Waals surface area contributed by atoms with Crippen LogP contribution in [-0.4, -0.2) is 22.8 Å². The molecule has 5 nitrogen and oxygen atoms in total. The molecule has 0 fully saturated rings. The molecule has 116 valence electrons. The molecular formula is C15H14Cl2N2O3. The molecule has 0 aliphatic rings. The second-order valence-electron chi connectivity index (χ2n) is 4.50. The van der Waals surface area contributed by atoms with Crippen LogP contribution in [0.3, 0.4) is 0 Å². The van der Waals surface area contributed by atoms with Crippen molar-refractivity contribution in [3.05, 3.63) is 58.1 Å². The van der Waals surface area contributed by atoms with Gasteiger partial charge in [-0.25, -0.2) is 9.86 Å². The lowest BCUT2D eigenvalue weighted by atomic mass is 10.1. The molecule has 0 saturated carbocycles. The summed E-state index contributed by atoms with van der Waals surface area (Å²) in [5.74, 6) is 1.04. The highest BCUT2D eigenvalue weighted by Crippen LogP contribution is 2.33. The molecule has 2 amide bonds. The molecule has 2 rings (SSSR count). The minimum atomic E-state index is -0.904. The highest BCUT2D eigenvalue weighted by atomic mass is 35.5. The van der Waals surface area contributed by atoms with Crippen molar-refractivity contribution >= 4 is 29.2 Å². The predicted molar refractivity (Wildman–Crippen MR) is 84.8 cm³/mol. The number of nitrogens with two attached hydrogens (primary N) is 1. The number of hydrogen-bond acceptors (Lipinski definition) is 3. The first-order valence-corrected chi connectivity index (χ1v) is 7.19. The summed E-state index contributed by atoms with van der Waals surface area (Å²) in [7, 11) is 0. The van der Waals surface area contributed by atoms with Gasteiger partial charge < -0.3 is 10.5 Å². The zero-order valence-electron chi connectivity index (χ0n) is 11.5. The zero-order valence-corrected chi connectivity index (χ0v) is 13.0. The van der Waals surface area contributed by atoms with E-state index in [0.29, 0.717) is 33.0 Å². The number of amides is 2. The number of carbonyl (C=O) groups is 1. The van der Waals surface area contributed by atoms with Crippen LogP contribution in [0.4, 0.5) is 4.79 Å². The van der Waals surface area contributed by atoms with Crippen molar-refractivity contribution < 1.29 is 14.7 Å². The van der Waals surface area contributed by atoms with Crippen molar-refractivity contribution in [2.45, 2.75) is 6.42 Å². The first-order valence-electron chi connectivity index (χ1n) is 6.44. The molecule has 0 heterocycles. The average Bonchev–Trinajstić information content (AvgIpc) is 2.48. The molecule has 0 unspecified atom stereocenters. The number of benzene rings is 2. The second-order valence-corrected chi connectivity index (χ2v) is 5.34. The predicted octanol–water partition coefficient (Wildman–Crippen LogP) is 4.10. The Hall–Kier alpha value is -1.95. The van der Waals surface area contributed by atoms with Crippen molar-refractivity contribution in [1.82, 2.24) is 5.06 Å². The Balaban J connectivity index is 2.16. The minimum Gasteiger partial charge on any atom is -0.456 e. The van der Waals surface area contributed by atoms with Crippen LogP contribution in [0.1, 0.15) is 5.56 Å². The first-order chi connectivity index (χ1) is 10.5. The normalized spacial score (nSPS) is 10.3. The number of hydrogen-bond donors (Lipinski definition) is 2. The van der Waals surface area contributed by atoms with E-state index in [4.69, 9.17) is 33.7 Å². The van der Waals surface area contributed by atoms with Gasteiger partial charge in [0, 0.05) is 5.02 Å². The van der Waals surface area contributed by atoms with Crippen LogP contribution in [0.25, 0.3) is 0 Å². The molecule has 0 aliphatic carbocycles. The number of primary amides is 1. The van der Waals surface area contributed by atoms with Gasteiger partial charge in [-0.2, -0.15) is 0 Å². The Labute approximate surface area is 137 Å². The van der Waals surface area contributed by atoms with Crippen LogP contribution in [0.15, 0.2) is 42.5 Å². The lowest BCUT2D eigenvalue weighted by Gasteiger charge is -2.15. The maximum atomic E-state index is 10.8. The monoisotopic (exact) mass is 340 g/mol. The number of ether oxygens (including phenoxy) is 1. The van der Waals surface area contributed by atoms with Gasteiger partial charge in [0.05, 0.1) is 11.6 Å². The number of hydroxylamine groups is 2. The quantitative estimate of drug-likeness (QED) is 0.635. The molecule has 3 N–H and O–H groups in total. The van der Waals surface area contributed by atoms with Crippen LogP contribution in [0, 0.1) is 0 Å². The molecule has 2 aromatic carbocycles. The zero-order chi connectivity index (χ0) is 16.1. The van der Waals surface area contributed by atoms with Gasteiger partial charge in [-0.3, -0.25) is 5.21 Å². The molecule has 0 spiro atoms. The summed E-state index contributed by atoms with van der Waals surface area (Å²) >= 11 is 11.9. The van der Waals surface area contributed by atoms with E-state index < -0.39 is 6.03 Å². The van der Waals surface area contributed by atoms with E-state index in [1.54, 1.807) is 24.3 Å². The lowest BCUT2D eigenvalue weighted by Crippen LogP contribution is -2.34. The van der Waals surface area contributed by atoms with Crippen LogP contribution in [0.5, 0.6) is 11.5 Å². The van der Waals surface area contributed by atoms with Gasteiger partial charge in [0.1, 0.15) is 11.5 Å².